The molecule has 1 saturated heterocycles. The molecule has 0 radical (unpaired) electrons. The lowest BCUT2D eigenvalue weighted by atomic mass is 10.1. The second-order valence-electron chi connectivity index (χ2n) is 7.44. The van der Waals surface area contributed by atoms with Crippen LogP contribution in [-0.4, -0.2) is 80.1 Å². The van der Waals surface area contributed by atoms with E-state index in [1.165, 1.54) is 24.6 Å². The van der Waals surface area contributed by atoms with Gasteiger partial charge < -0.3 is 25.4 Å². The lowest BCUT2D eigenvalue weighted by Gasteiger charge is -2.19. The molecule has 1 aliphatic rings. The first kappa shape index (κ1) is 20.6. The van der Waals surface area contributed by atoms with Crippen LogP contribution < -0.4 is 10.6 Å². The molecule has 1 aromatic heterocycles. The van der Waals surface area contributed by atoms with E-state index in [4.69, 9.17) is 4.99 Å². The first-order valence-electron chi connectivity index (χ1n) is 10.3. The van der Waals surface area contributed by atoms with Crippen LogP contribution in [0.1, 0.15) is 18.9 Å². The van der Waals surface area contributed by atoms with Gasteiger partial charge in [-0.2, -0.15) is 0 Å². The lowest BCUT2D eigenvalue weighted by molar-refractivity contribution is 0.283. The summed E-state index contributed by atoms with van der Waals surface area (Å²) < 4.78 is 13.3. The third kappa shape index (κ3) is 5.94. The van der Waals surface area contributed by atoms with E-state index in [1.54, 1.807) is 6.07 Å². The molecule has 1 aromatic carbocycles. The summed E-state index contributed by atoms with van der Waals surface area (Å²) in [6.07, 6.45) is 4.05. The summed E-state index contributed by atoms with van der Waals surface area (Å²) >= 11 is 0. The van der Waals surface area contributed by atoms with Gasteiger partial charge in [0.25, 0.3) is 0 Å². The highest BCUT2D eigenvalue weighted by Gasteiger charge is 2.11. The van der Waals surface area contributed by atoms with E-state index >= 15 is 0 Å². The fourth-order valence-corrected chi connectivity index (χ4v) is 3.65. The van der Waals surface area contributed by atoms with Gasteiger partial charge in [0.2, 0.25) is 0 Å². The smallest absolute Gasteiger partial charge is 0.191 e. The van der Waals surface area contributed by atoms with E-state index in [2.05, 4.69) is 39.4 Å². The number of fused-ring (bicyclic) bond motifs is 1. The first-order valence-corrected chi connectivity index (χ1v) is 10.3. The Labute approximate surface area is 167 Å². The van der Waals surface area contributed by atoms with Gasteiger partial charge in [0.15, 0.2) is 5.96 Å². The maximum absolute atomic E-state index is 13.3. The Morgan fingerprint density at radius 3 is 2.96 bits per heavy atom. The Bertz CT molecular complexity index is 771. The van der Waals surface area contributed by atoms with E-state index in [0.717, 1.165) is 69.1 Å². The number of nitrogens with zero attached hydrogens (tertiary/aromatic N) is 3. The minimum absolute atomic E-state index is 0.211. The molecule has 0 aliphatic carbocycles. The SMILES string of the molecule is CCNC(=NCCN1CCCN(C)CC1)NCCc1c[nH]c2cc(F)ccc12. The monoisotopic (exact) mass is 388 g/mol. The van der Waals surface area contributed by atoms with Crippen LogP contribution in [0.15, 0.2) is 29.4 Å². The predicted molar refractivity (Wildman–Crippen MR) is 114 cm³/mol. The zero-order valence-electron chi connectivity index (χ0n) is 17.1. The van der Waals surface area contributed by atoms with Crippen LogP contribution in [0.3, 0.4) is 0 Å². The van der Waals surface area contributed by atoms with Crippen molar-refractivity contribution in [3.8, 4) is 0 Å². The van der Waals surface area contributed by atoms with Crippen molar-refractivity contribution in [2.75, 3.05) is 59.4 Å². The zero-order chi connectivity index (χ0) is 19.8. The van der Waals surface area contributed by atoms with Gasteiger partial charge >= 0.3 is 0 Å². The number of hydrogen-bond donors (Lipinski definition) is 3. The summed E-state index contributed by atoms with van der Waals surface area (Å²) in [7, 11) is 2.19. The van der Waals surface area contributed by atoms with E-state index < -0.39 is 0 Å². The summed E-state index contributed by atoms with van der Waals surface area (Å²) in [5, 5.41) is 7.82. The van der Waals surface area contributed by atoms with Crippen LogP contribution in [0.25, 0.3) is 10.9 Å². The molecule has 2 heterocycles. The van der Waals surface area contributed by atoms with Gasteiger partial charge in [0, 0.05) is 49.8 Å². The number of rotatable bonds is 7. The highest BCUT2D eigenvalue weighted by atomic mass is 19.1. The number of likely N-dealkylation sites (N-methyl/N-ethyl adjacent to an activating group) is 1. The predicted octanol–water partition coefficient (Wildman–Crippen LogP) is 2.04. The third-order valence-corrected chi connectivity index (χ3v) is 5.26. The molecule has 0 bridgehead atoms. The average molecular weight is 389 g/mol. The van der Waals surface area contributed by atoms with Crippen molar-refractivity contribution < 1.29 is 4.39 Å². The van der Waals surface area contributed by atoms with E-state index in [9.17, 15) is 4.39 Å². The first-order chi connectivity index (χ1) is 13.7. The molecular weight excluding hydrogens is 355 g/mol. The van der Waals surface area contributed by atoms with Crippen molar-refractivity contribution in [2.24, 2.45) is 4.99 Å². The number of aliphatic imine (C=N–C) groups is 1. The van der Waals surface area contributed by atoms with Gasteiger partial charge in [-0.25, -0.2) is 4.39 Å². The number of H-pyrrole nitrogens is 1. The summed E-state index contributed by atoms with van der Waals surface area (Å²) in [6, 6.07) is 4.89. The van der Waals surface area contributed by atoms with Crippen LogP contribution in [0.4, 0.5) is 4.39 Å². The molecule has 3 N–H and O–H groups in total. The maximum Gasteiger partial charge on any atom is 0.191 e. The summed E-state index contributed by atoms with van der Waals surface area (Å²) in [4.78, 5) is 12.8. The summed E-state index contributed by atoms with van der Waals surface area (Å²) in [6.45, 7) is 10.1. The van der Waals surface area contributed by atoms with Crippen LogP contribution in [0, 0.1) is 5.82 Å². The Morgan fingerprint density at radius 2 is 2.11 bits per heavy atom. The Balaban J connectivity index is 1.47. The van der Waals surface area contributed by atoms with Crippen LogP contribution in [-0.2, 0) is 6.42 Å². The van der Waals surface area contributed by atoms with Crippen LogP contribution >= 0.6 is 0 Å². The zero-order valence-corrected chi connectivity index (χ0v) is 17.1. The molecule has 2 aromatic rings. The maximum atomic E-state index is 13.3. The number of benzene rings is 1. The molecule has 0 spiro atoms. The summed E-state index contributed by atoms with van der Waals surface area (Å²) in [5.74, 6) is 0.650. The van der Waals surface area contributed by atoms with Gasteiger partial charge in [-0.05, 0) is 63.7 Å². The molecule has 0 unspecified atom stereocenters. The van der Waals surface area contributed by atoms with Gasteiger partial charge in [-0.1, -0.05) is 0 Å². The lowest BCUT2D eigenvalue weighted by Crippen LogP contribution is -2.39. The third-order valence-electron chi connectivity index (χ3n) is 5.26. The largest absolute Gasteiger partial charge is 0.361 e. The molecule has 3 rings (SSSR count). The average Bonchev–Trinajstić information content (AvgIpc) is 2.95. The van der Waals surface area contributed by atoms with Crippen molar-refractivity contribution in [1.82, 2.24) is 25.4 Å². The van der Waals surface area contributed by atoms with Crippen molar-refractivity contribution in [3.63, 3.8) is 0 Å². The quantitative estimate of drug-likeness (QED) is 0.502. The van der Waals surface area contributed by atoms with E-state index in [-0.39, 0.29) is 5.82 Å². The fourth-order valence-electron chi connectivity index (χ4n) is 3.65. The molecule has 154 valence electrons. The second-order valence-corrected chi connectivity index (χ2v) is 7.44. The van der Waals surface area contributed by atoms with Crippen LogP contribution in [0.2, 0.25) is 0 Å². The molecule has 6 nitrogen and oxygen atoms in total. The number of hydrogen-bond acceptors (Lipinski definition) is 3. The molecule has 0 atom stereocenters. The van der Waals surface area contributed by atoms with Gasteiger partial charge in [-0.3, -0.25) is 4.99 Å². The fraction of sp³-hybridized carbons (Fsp3) is 0.571. The van der Waals surface area contributed by atoms with Crippen LogP contribution in [0.5, 0.6) is 0 Å². The molecule has 1 fully saturated rings. The molecule has 0 saturated carbocycles. The highest BCUT2D eigenvalue weighted by molar-refractivity contribution is 5.83. The standard InChI is InChI=1S/C21H33FN6/c1-3-23-21(25-9-12-28-11-4-10-27(2)13-14-28)24-8-7-17-16-26-20-15-18(22)5-6-19(17)20/h5-6,15-16,26H,3-4,7-14H2,1-2H3,(H2,23,24,25). The number of halogens is 1. The minimum atomic E-state index is -0.211. The molecule has 1 aliphatic heterocycles. The topological polar surface area (TPSA) is 58.7 Å². The molecule has 28 heavy (non-hydrogen) atoms. The van der Waals surface area contributed by atoms with Crippen molar-refractivity contribution in [2.45, 2.75) is 19.8 Å². The van der Waals surface area contributed by atoms with Crippen molar-refractivity contribution in [1.29, 1.82) is 0 Å². The number of aromatic nitrogens is 1. The normalized spacial score (nSPS) is 17.0. The number of guanidine groups is 1. The minimum Gasteiger partial charge on any atom is -0.361 e. The Morgan fingerprint density at radius 1 is 1.21 bits per heavy atom. The Kier molecular flexibility index (Phi) is 7.68. The summed E-state index contributed by atoms with van der Waals surface area (Å²) in [5.41, 5.74) is 2.03. The molecule has 0 amide bonds. The van der Waals surface area contributed by atoms with Crippen molar-refractivity contribution in [3.05, 3.63) is 35.8 Å². The molecule has 7 heteroatoms. The van der Waals surface area contributed by atoms with Gasteiger partial charge in [0.05, 0.1) is 6.54 Å². The highest BCUT2D eigenvalue weighted by Crippen LogP contribution is 2.19. The Hall–Kier alpha value is -2.12. The molecular formula is C21H33FN6. The number of aromatic amines is 1. The van der Waals surface area contributed by atoms with Gasteiger partial charge in [-0.15, -0.1) is 0 Å². The second kappa shape index (κ2) is 10.4. The van der Waals surface area contributed by atoms with E-state index in [0.29, 0.717) is 0 Å². The van der Waals surface area contributed by atoms with Gasteiger partial charge in [0.1, 0.15) is 5.82 Å². The number of nitrogens with one attached hydrogen (secondary N) is 3. The van der Waals surface area contributed by atoms with Crippen molar-refractivity contribution >= 4 is 16.9 Å². The van der Waals surface area contributed by atoms with E-state index in [1.807, 2.05) is 12.3 Å².